The summed E-state index contributed by atoms with van der Waals surface area (Å²) in [5.74, 6) is -0.980. The molecule has 0 aromatic carbocycles. The molecule has 0 aromatic rings. The van der Waals surface area contributed by atoms with Crippen LogP contribution in [-0.2, 0) is 28.6 Å². The van der Waals surface area contributed by atoms with E-state index in [-0.39, 0.29) is 37.5 Å². The summed E-state index contributed by atoms with van der Waals surface area (Å²) in [6.45, 7) is 6.32. The van der Waals surface area contributed by atoms with E-state index in [1.54, 1.807) is 0 Å². The van der Waals surface area contributed by atoms with Crippen molar-refractivity contribution in [3.05, 3.63) is 134 Å². The van der Waals surface area contributed by atoms with Gasteiger partial charge in [0.1, 0.15) is 13.2 Å². The van der Waals surface area contributed by atoms with Gasteiger partial charge < -0.3 is 14.2 Å². The van der Waals surface area contributed by atoms with Crippen molar-refractivity contribution in [2.45, 2.75) is 245 Å². The van der Waals surface area contributed by atoms with Crippen molar-refractivity contribution in [2.24, 2.45) is 0 Å². The molecule has 0 spiro atoms. The van der Waals surface area contributed by atoms with E-state index in [1.165, 1.54) is 51.4 Å². The molecule has 6 heteroatoms. The van der Waals surface area contributed by atoms with Gasteiger partial charge in [-0.1, -0.05) is 219 Å². The molecular formula is C65H104O6. The number of rotatable bonds is 50. The molecule has 0 radical (unpaired) electrons. The molecule has 0 aromatic heterocycles. The third kappa shape index (κ3) is 56.3. The maximum Gasteiger partial charge on any atom is 0.306 e. The van der Waals surface area contributed by atoms with Crippen molar-refractivity contribution in [1.82, 2.24) is 0 Å². The molecule has 0 N–H and O–H groups in total. The maximum absolute atomic E-state index is 12.8. The molecule has 0 rings (SSSR count). The van der Waals surface area contributed by atoms with Crippen LogP contribution in [0.4, 0.5) is 0 Å². The fraction of sp³-hybridized carbons (Fsp3) is 0.615. The molecule has 400 valence electrons. The number of esters is 3. The van der Waals surface area contributed by atoms with Crippen LogP contribution in [0.1, 0.15) is 239 Å². The zero-order valence-corrected chi connectivity index (χ0v) is 45.7. The van der Waals surface area contributed by atoms with Crippen molar-refractivity contribution in [3.8, 4) is 0 Å². The molecular weight excluding hydrogens is 877 g/mol. The van der Waals surface area contributed by atoms with Crippen LogP contribution < -0.4 is 0 Å². The molecule has 0 aliphatic carbocycles. The molecule has 0 fully saturated rings. The first-order chi connectivity index (χ1) is 35.0. The zero-order chi connectivity index (χ0) is 51.4. The van der Waals surface area contributed by atoms with E-state index < -0.39 is 6.10 Å². The van der Waals surface area contributed by atoms with Crippen LogP contribution in [0.25, 0.3) is 0 Å². The maximum atomic E-state index is 12.8. The van der Waals surface area contributed by atoms with Crippen molar-refractivity contribution < 1.29 is 28.6 Å². The molecule has 0 saturated heterocycles. The van der Waals surface area contributed by atoms with Crippen molar-refractivity contribution in [1.29, 1.82) is 0 Å². The minimum absolute atomic E-state index is 0.110. The Kier molecular flexibility index (Phi) is 54.5. The van der Waals surface area contributed by atoms with E-state index in [9.17, 15) is 14.4 Å². The van der Waals surface area contributed by atoms with Gasteiger partial charge in [-0.25, -0.2) is 0 Å². The van der Waals surface area contributed by atoms with Gasteiger partial charge in [-0.15, -0.1) is 0 Å². The Labute approximate surface area is 436 Å². The molecule has 0 bridgehead atoms. The summed E-state index contributed by atoms with van der Waals surface area (Å²) in [4.78, 5) is 38.2. The second kappa shape index (κ2) is 58.1. The van der Waals surface area contributed by atoms with E-state index in [2.05, 4.69) is 154 Å². The lowest BCUT2D eigenvalue weighted by molar-refractivity contribution is -0.167. The lowest BCUT2D eigenvalue weighted by Crippen LogP contribution is -2.30. The van der Waals surface area contributed by atoms with E-state index in [0.29, 0.717) is 19.3 Å². The Hall–Kier alpha value is -4.45. The second-order valence-electron chi connectivity index (χ2n) is 18.4. The highest BCUT2D eigenvalue weighted by Crippen LogP contribution is 2.13. The number of allylic oxidation sites excluding steroid dienone is 22. The molecule has 1 unspecified atom stereocenters. The molecule has 6 nitrogen and oxygen atoms in total. The summed E-state index contributed by atoms with van der Waals surface area (Å²) in [7, 11) is 0. The third-order valence-corrected chi connectivity index (χ3v) is 11.6. The predicted molar refractivity (Wildman–Crippen MR) is 306 cm³/mol. The van der Waals surface area contributed by atoms with Gasteiger partial charge in [-0.05, 0) is 135 Å². The second-order valence-corrected chi connectivity index (χ2v) is 18.4. The lowest BCUT2D eigenvalue weighted by atomic mass is 10.1. The van der Waals surface area contributed by atoms with Gasteiger partial charge in [0.2, 0.25) is 0 Å². The highest BCUT2D eigenvalue weighted by Gasteiger charge is 2.19. The first-order valence-corrected chi connectivity index (χ1v) is 28.7. The van der Waals surface area contributed by atoms with E-state index >= 15 is 0 Å². The Bertz CT molecular complexity index is 1550. The van der Waals surface area contributed by atoms with Crippen LogP contribution in [0, 0.1) is 0 Å². The molecule has 71 heavy (non-hydrogen) atoms. The van der Waals surface area contributed by atoms with Gasteiger partial charge in [0.25, 0.3) is 0 Å². The van der Waals surface area contributed by atoms with Crippen LogP contribution in [0.2, 0.25) is 0 Å². The summed E-state index contributed by atoms with van der Waals surface area (Å²) >= 11 is 0. The van der Waals surface area contributed by atoms with E-state index in [4.69, 9.17) is 14.2 Å². The largest absolute Gasteiger partial charge is 0.462 e. The van der Waals surface area contributed by atoms with Crippen molar-refractivity contribution >= 4 is 17.9 Å². The van der Waals surface area contributed by atoms with Crippen LogP contribution in [0.5, 0.6) is 0 Å². The molecule has 0 aliphatic heterocycles. The van der Waals surface area contributed by atoms with Crippen LogP contribution in [-0.4, -0.2) is 37.2 Å². The average Bonchev–Trinajstić information content (AvgIpc) is 3.37. The van der Waals surface area contributed by atoms with Crippen LogP contribution >= 0.6 is 0 Å². The summed E-state index contributed by atoms with van der Waals surface area (Å²) in [5.41, 5.74) is 0. The fourth-order valence-electron chi connectivity index (χ4n) is 7.37. The smallest absolute Gasteiger partial charge is 0.306 e. The molecule has 0 aliphatic rings. The fourth-order valence-corrected chi connectivity index (χ4v) is 7.37. The topological polar surface area (TPSA) is 78.9 Å². The standard InChI is InChI=1S/C65H104O6/c1-4-7-10-13-16-19-22-25-28-29-30-31-32-33-34-35-38-40-43-46-49-52-55-58-64(67)70-61-62(71-65(68)59-56-53-50-47-44-41-37-27-24-21-18-15-12-9-6-3)60-69-63(66)57-54-51-48-45-42-39-36-26-23-20-17-14-11-8-5-2/h7,9-10,12,16-21,25-28,30-31,33-34,36-37,44,47,62H,4-6,8,11,13-15,22-24,29,32,35,38-43,45-46,48-61H2,1-3H3/b10-7-,12-9-,19-16-,20-17-,21-18-,28-25-,31-30-,34-33-,36-26-,37-27-,47-44-. The zero-order valence-electron chi connectivity index (χ0n) is 45.7. The highest BCUT2D eigenvalue weighted by atomic mass is 16.6. The van der Waals surface area contributed by atoms with Crippen LogP contribution in [0.3, 0.4) is 0 Å². The molecule has 0 saturated carbocycles. The SMILES string of the molecule is CC/C=C\C/C=C\C/C=C\C/C=C\C/C=C\CCCCCCCCCC(=O)OCC(COC(=O)CCCCCCC/C=C\C/C=C\CCCCC)OC(=O)CCCC/C=C\C/C=C\C/C=C\C/C=C\CC. The Morgan fingerprint density at radius 2 is 0.549 bits per heavy atom. The van der Waals surface area contributed by atoms with Crippen molar-refractivity contribution in [2.75, 3.05) is 13.2 Å². The number of unbranched alkanes of at least 4 members (excludes halogenated alkanes) is 17. The Balaban J connectivity index is 4.47. The molecule has 0 amide bonds. The van der Waals surface area contributed by atoms with Gasteiger partial charge in [-0.2, -0.15) is 0 Å². The average molecular weight is 982 g/mol. The van der Waals surface area contributed by atoms with Gasteiger partial charge in [-0.3, -0.25) is 14.4 Å². The van der Waals surface area contributed by atoms with E-state index in [1.807, 2.05) is 0 Å². The first kappa shape index (κ1) is 66.6. The quantitative estimate of drug-likeness (QED) is 0.0262. The minimum atomic E-state index is -0.816. The number of ether oxygens (including phenoxy) is 3. The summed E-state index contributed by atoms with van der Waals surface area (Å²) < 4.78 is 16.8. The lowest BCUT2D eigenvalue weighted by Gasteiger charge is -2.18. The van der Waals surface area contributed by atoms with Gasteiger partial charge in [0.05, 0.1) is 0 Å². The summed E-state index contributed by atoms with van der Waals surface area (Å²) in [6, 6.07) is 0. The number of hydrogen-bond acceptors (Lipinski definition) is 6. The van der Waals surface area contributed by atoms with Gasteiger partial charge in [0.15, 0.2) is 6.10 Å². The molecule has 1 atom stereocenters. The Morgan fingerprint density at radius 3 is 0.887 bits per heavy atom. The summed E-state index contributed by atoms with van der Waals surface area (Å²) in [6.07, 6.45) is 81.5. The van der Waals surface area contributed by atoms with E-state index in [0.717, 1.165) is 141 Å². The Morgan fingerprint density at radius 1 is 0.296 bits per heavy atom. The van der Waals surface area contributed by atoms with Crippen molar-refractivity contribution in [3.63, 3.8) is 0 Å². The number of hydrogen-bond donors (Lipinski definition) is 0. The van der Waals surface area contributed by atoms with Gasteiger partial charge >= 0.3 is 17.9 Å². The number of carbonyl (C=O) groups excluding carboxylic acids is 3. The van der Waals surface area contributed by atoms with Crippen LogP contribution in [0.15, 0.2) is 134 Å². The summed E-state index contributed by atoms with van der Waals surface area (Å²) in [5, 5.41) is 0. The molecule has 0 heterocycles. The predicted octanol–water partition coefficient (Wildman–Crippen LogP) is 19.4. The first-order valence-electron chi connectivity index (χ1n) is 28.7. The third-order valence-electron chi connectivity index (χ3n) is 11.6. The normalized spacial score (nSPS) is 13.1. The van der Waals surface area contributed by atoms with Gasteiger partial charge in [0, 0.05) is 19.3 Å². The monoisotopic (exact) mass is 981 g/mol. The number of carbonyl (C=O) groups is 3. The highest BCUT2D eigenvalue weighted by molar-refractivity contribution is 5.71. The minimum Gasteiger partial charge on any atom is -0.462 e.